The van der Waals surface area contributed by atoms with Crippen LogP contribution in [0.3, 0.4) is 0 Å². The van der Waals surface area contributed by atoms with E-state index in [1.807, 2.05) is 36.4 Å². The Bertz CT molecular complexity index is 673. The normalized spacial score (nSPS) is 23.9. The number of hydrogen-bond acceptors (Lipinski definition) is 4. The van der Waals surface area contributed by atoms with Crippen LogP contribution in [0.5, 0.6) is 0 Å². The Labute approximate surface area is 128 Å². The number of benzene rings is 1. The van der Waals surface area contributed by atoms with E-state index in [4.69, 9.17) is 4.74 Å². The second-order valence-corrected chi connectivity index (χ2v) is 5.21. The minimum atomic E-state index is -0.862. The smallest absolute Gasteiger partial charge is 0.318 e. The van der Waals surface area contributed by atoms with Crippen molar-refractivity contribution >= 4 is 11.9 Å². The van der Waals surface area contributed by atoms with Crippen molar-refractivity contribution in [2.75, 3.05) is 7.11 Å². The van der Waals surface area contributed by atoms with Gasteiger partial charge < -0.3 is 10.1 Å². The van der Waals surface area contributed by atoms with E-state index in [0.29, 0.717) is 0 Å². The van der Waals surface area contributed by atoms with E-state index in [1.54, 1.807) is 18.5 Å². The highest BCUT2D eigenvalue weighted by Crippen LogP contribution is 2.42. The molecule has 1 fully saturated rings. The summed E-state index contributed by atoms with van der Waals surface area (Å²) in [5, 5.41) is 2.92. The summed E-state index contributed by atoms with van der Waals surface area (Å²) in [6, 6.07) is 13.0. The van der Waals surface area contributed by atoms with Gasteiger partial charge in [-0.05, 0) is 17.2 Å². The van der Waals surface area contributed by atoms with Gasteiger partial charge in [-0.15, -0.1) is 0 Å². The van der Waals surface area contributed by atoms with E-state index in [-0.39, 0.29) is 17.9 Å². The highest BCUT2D eigenvalue weighted by molar-refractivity contribution is 6.01. The first-order chi connectivity index (χ1) is 10.7. The molecule has 2 heterocycles. The number of rotatable bonds is 3. The highest BCUT2D eigenvalue weighted by Gasteiger charge is 2.48. The first kappa shape index (κ1) is 14.3. The van der Waals surface area contributed by atoms with Gasteiger partial charge in [0.1, 0.15) is 5.92 Å². The Morgan fingerprint density at radius 1 is 1.14 bits per heavy atom. The highest BCUT2D eigenvalue weighted by atomic mass is 16.5. The maximum Gasteiger partial charge on any atom is 0.318 e. The topological polar surface area (TPSA) is 68.3 Å². The fourth-order valence-corrected chi connectivity index (χ4v) is 2.98. The van der Waals surface area contributed by atoms with Gasteiger partial charge >= 0.3 is 5.97 Å². The predicted molar refractivity (Wildman–Crippen MR) is 79.8 cm³/mol. The summed E-state index contributed by atoms with van der Waals surface area (Å²) < 4.78 is 4.82. The molecule has 0 radical (unpaired) electrons. The lowest BCUT2D eigenvalue weighted by atomic mass is 9.82. The van der Waals surface area contributed by atoms with Gasteiger partial charge in [0.05, 0.1) is 13.2 Å². The molecular formula is C17H16N2O3. The average molecular weight is 296 g/mol. The van der Waals surface area contributed by atoms with Crippen molar-refractivity contribution in [3.05, 3.63) is 66.0 Å². The van der Waals surface area contributed by atoms with Crippen molar-refractivity contribution in [1.29, 1.82) is 0 Å². The third-order valence-electron chi connectivity index (χ3n) is 3.98. The number of hydrogen-bond donors (Lipinski definition) is 1. The van der Waals surface area contributed by atoms with Crippen LogP contribution in [0.15, 0.2) is 54.9 Å². The van der Waals surface area contributed by atoms with Crippen LogP contribution in [-0.2, 0) is 14.3 Å². The van der Waals surface area contributed by atoms with Crippen LogP contribution in [-0.4, -0.2) is 24.0 Å². The molecule has 2 aromatic rings. The standard InChI is InChI=1S/C17H16N2O3/c1-22-17(21)14-13(12-8-5-9-18-10-12)15(19-16(14)20)11-6-3-2-4-7-11/h2-10,13-15H,1H3,(H,19,20). The van der Waals surface area contributed by atoms with Crippen LogP contribution in [0.4, 0.5) is 0 Å². The molecule has 5 nitrogen and oxygen atoms in total. The molecule has 0 saturated carbocycles. The molecule has 1 saturated heterocycles. The molecule has 0 aliphatic carbocycles. The van der Waals surface area contributed by atoms with E-state index < -0.39 is 11.9 Å². The molecule has 0 bridgehead atoms. The lowest BCUT2D eigenvalue weighted by Gasteiger charge is -2.22. The van der Waals surface area contributed by atoms with Crippen LogP contribution < -0.4 is 5.32 Å². The lowest BCUT2D eigenvalue weighted by Crippen LogP contribution is -2.28. The number of nitrogens with one attached hydrogen (secondary N) is 1. The van der Waals surface area contributed by atoms with Crippen molar-refractivity contribution in [2.45, 2.75) is 12.0 Å². The zero-order chi connectivity index (χ0) is 15.5. The minimum absolute atomic E-state index is 0.276. The zero-order valence-electron chi connectivity index (χ0n) is 12.1. The first-order valence-corrected chi connectivity index (χ1v) is 7.05. The van der Waals surface area contributed by atoms with Gasteiger partial charge in [-0.25, -0.2) is 0 Å². The average Bonchev–Trinajstić information content (AvgIpc) is 2.93. The van der Waals surface area contributed by atoms with Gasteiger partial charge in [0, 0.05) is 18.3 Å². The van der Waals surface area contributed by atoms with Crippen molar-refractivity contribution in [3.63, 3.8) is 0 Å². The van der Waals surface area contributed by atoms with Crippen molar-refractivity contribution in [2.24, 2.45) is 5.92 Å². The zero-order valence-corrected chi connectivity index (χ0v) is 12.1. The molecule has 3 unspecified atom stereocenters. The quantitative estimate of drug-likeness (QED) is 0.693. The summed E-state index contributed by atoms with van der Waals surface area (Å²) in [5.74, 6) is -2.03. The summed E-state index contributed by atoms with van der Waals surface area (Å²) in [6.45, 7) is 0. The summed E-state index contributed by atoms with van der Waals surface area (Å²) in [5.41, 5.74) is 1.79. The predicted octanol–water partition coefficient (Wildman–Crippen LogP) is 1.83. The van der Waals surface area contributed by atoms with Gasteiger partial charge in [0.2, 0.25) is 5.91 Å². The van der Waals surface area contributed by atoms with Crippen molar-refractivity contribution in [3.8, 4) is 0 Å². The summed E-state index contributed by atoms with van der Waals surface area (Å²) in [4.78, 5) is 28.5. The van der Waals surface area contributed by atoms with Crippen molar-refractivity contribution in [1.82, 2.24) is 10.3 Å². The maximum atomic E-state index is 12.3. The Kier molecular flexibility index (Phi) is 3.87. The van der Waals surface area contributed by atoms with Crippen molar-refractivity contribution < 1.29 is 14.3 Å². The van der Waals surface area contributed by atoms with E-state index in [0.717, 1.165) is 11.1 Å². The first-order valence-electron chi connectivity index (χ1n) is 7.05. The molecule has 112 valence electrons. The molecule has 1 amide bonds. The molecule has 1 N–H and O–H groups in total. The number of carbonyl (C=O) groups excluding carboxylic acids is 2. The molecule has 22 heavy (non-hydrogen) atoms. The molecule has 1 aromatic heterocycles. The number of aromatic nitrogens is 1. The van der Waals surface area contributed by atoms with Crippen LogP contribution in [0, 0.1) is 5.92 Å². The molecule has 3 rings (SSSR count). The third kappa shape index (κ3) is 2.45. The SMILES string of the molecule is COC(=O)C1C(=O)NC(c2ccccc2)C1c1cccnc1. The molecule has 1 aliphatic heterocycles. The number of nitrogens with zero attached hydrogens (tertiary/aromatic N) is 1. The van der Waals surface area contributed by atoms with Crippen LogP contribution in [0.25, 0.3) is 0 Å². The van der Waals surface area contributed by atoms with E-state index in [2.05, 4.69) is 10.3 Å². The number of pyridine rings is 1. The van der Waals surface area contributed by atoms with Crippen LogP contribution in [0.2, 0.25) is 0 Å². The summed E-state index contributed by atoms with van der Waals surface area (Å²) >= 11 is 0. The lowest BCUT2D eigenvalue weighted by molar-refractivity contribution is -0.149. The van der Waals surface area contributed by atoms with E-state index >= 15 is 0 Å². The van der Waals surface area contributed by atoms with E-state index in [1.165, 1.54) is 7.11 Å². The Balaban J connectivity index is 2.06. The Hall–Kier alpha value is -2.69. The number of amides is 1. The maximum absolute atomic E-state index is 12.3. The second kappa shape index (κ2) is 5.97. The molecule has 1 aliphatic rings. The van der Waals surface area contributed by atoms with E-state index in [9.17, 15) is 9.59 Å². The van der Waals surface area contributed by atoms with Crippen LogP contribution in [0.1, 0.15) is 23.1 Å². The van der Waals surface area contributed by atoms with Gasteiger partial charge in [-0.2, -0.15) is 0 Å². The van der Waals surface area contributed by atoms with Gasteiger partial charge in [-0.1, -0.05) is 36.4 Å². The van der Waals surface area contributed by atoms with Gasteiger partial charge in [0.15, 0.2) is 0 Å². The summed E-state index contributed by atoms with van der Waals surface area (Å²) in [6.07, 6.45) is 3.36. The molecule has 3 atom stereocenters. The molecule has 1 aromatic carbocycles. The number of ether oxygens (including phenoxy) is 1. The number of carbonyl (C=O) groups is 2. The van der Waals surface area contributed by atoms with Gasteiger partial charge in [-0.3, -0.25) is 14.6 Å². The minimum Gasteiger partial charge on any atom is -0.468 e. The number of esters is 1. The summed E-state index contributed by atoms with van der Waals surface area (Å²) in [7, 11) is 1.30. The molecular weight excluding hydrogens is 280 g/mol. The largest absolute Gasteiger partial charge is 0.468 e. The molecule has 5 heteroatoms. The van der Waals surface area contributed by atoms with Crippen LogP contribution >= 0.6 is 0 Å². The Morgan fingerprint density at radius 2 is 1.86 bits per heavy atom. The third-order valence-corrected chi connectivity index (χ3v) is 3.98. The van der Waals surface area contributed by atoms with Gasteiger partial charge in [0.25, 0.3) is 0 Å². The number of methoxy groups -OCH3 is 1. The fraction of sp³-hybridized carbons (Fsp3) is 0.235. The Morgan fingerprint density at radius 3 is 2.50 bits per heavy atom. The second-order valence-electron chi connectivity index (χ2n) is 5.21. The molecule has 0 spiro atoms. The fourth-order valence-electron chi connectivity index (χ4n) is 2.98. The monoisotopic (exact) mass is 296 g/mol.